The fraction of sp³-hybridized carbons (Fsp3) is 0. The number of H-pyrrole nitrogens is 1. The zero-order valence-electron chi connectivity index (χ0n) is 7.76. The van der Waals surface area contributed by atoms with E-state index in [0.29, 0.717) is 15.9 Å². The van der Waals surface area contributed by atoms with Crippen molar-refractivity contribution in [1.29, 1.82) is 0 Å². The number of nitrogens with zero attached hydrogens (tertiary/aromatic N) is 1. The van der Waals surface area contributed by atoms with Crippen LogP contribution in [-0.2, 0) is 10.1 Å². The molecule has 0 aliphatic heterocycles. The Bertz CT molecular complexity index is 593. The first-order valence-corrected chi connectivity index (χ1v) is 5.47. The molecular formula is C7H5N2NaO3S2. The van der Waals surface area contributed by atoms with Crippen molar-refractivity contribution in [2.45, 2.75) is 10.1 Å². The summed E-state index contributed by atoms with van der Waals surface area (Å²) in [4.78, 5) is 6.59. The summed E-state index contributed by atoms with van der Waals surface area (Å²) >= 11 is 4.08. The topological polar surface area (TPSA) is 85.9 Å². The van der Waals surface area contributed by atoms with Crippen LogP contribution in [0, 0.1) is 0 Å². The Hall–Kier alpha value is -0.0500. The molecule has 0 spiro atoms. The maximum absolute atomic E-state index is 10.6. The van der Waals surface area contributed by atoms with E-state index in [1.807, 2.05) is 0 Å². The van der Waals surface area contributed by atoms with Crippen molar-refractivity contribution >= 4 is 33.8 Å². The molecule has 1 N–H and O–H groups in total. The van der Waals surface area contributed by atoms with Gasteiger partial charge in [0.25, 0.3) is 0 Å². The van der Waals surface area contributed by atoms with Crippen LogP contribution in [0.25, 0.3) is 11.0 Å². The number of imidazole rings is 1. The van der Waals surface area contributed by atoms with Gasteiger partial charge >= 0.3 is 29.6 Å². The minimum Gasteiger partial charge on any atom is -0.742 e. The summed E-state index contributed by atoms with van der Waals surface area (Å²) in [6.45, 7) is 0. The Labute approximate surface area is 114 Å². The molecule has 8 heteroatoms. The van der Waals surface area contributed by atoms with Gasteiger partial charge in [-0.1, -0.05) is 6.07 Å². The first-order chi connectivity index (χ1) is 6.48. The van der Waals surface area contributed by atoms with E-state index in [9.17, 15) is 13.0 Å². The van der Waals surface area contributed by atoms with E-state index in [4.69, 9.17) is 0 Å². The minimum absolute atomic E-state index is 0. The maximum Gasteiger partial charge on any atom is 1.00 e. The Morgan fingerprint density at radius 1 is 1.40 bits per heavy atom. The number of aromatic amines is 1. The van der Waals surface area contributed by atoms with E-state index in [1.165, 1.54) is 0 Å². The molecular weight excluding hydrogens is 247 g/mol. The third-order valence-electron chi connectivity index (χ3n) is 1.71. The predicted molar refractivity (Wildman–Crippen MR) is 51.3 cm³/mol. The number of nitrogens with one attached hydrogen (secondary N) is 1. The van der Waals surface area contributed by atoms with Crippen LogP contribution >= 0.6 is 12.6 Å². The Morgan fingerprint density at radius 2 is 2.07 bits per heavy atom. The largest absolute Gasteiger partial charge is 1.00 e. The molecule has 5 nitrogen and oxygen atoms in total. The summed E-state index contributed by atoms with van der Waals surface area (Å²) in [5.41, 5.74) is 0.859. The molecule has 2 aromatic rings. The van der Waals surface area contributed by atoms with Crippen LogP contribution < -0.4 is 29.6 Å². The van der Waals surface area contributed by atoms with Gasteiger partial charge in [-0.05, 0) is 12.1 Å². The molecule has 1 aromatic heterocycles. The van der Waals surface area contributed by atoms with Gasteiger partial charge in [-0.25, -0.2) is 13.4 Å². The number of aromatic nitrogens is 2. The molecule has 0 bridgehead atoms. The van der Waals surface area contributed by atoms with Crippen LogP contribution in [0.15, 0.2) is 28.3 Å². The number of hydrogen-bond acceptors (Lipinski definition) is 5. The summed E-state index contributed by atoms with van der Waals surface area (Å²) in [7, 11) is -4.53. The molecule has 0 unspecified atom stereocenters. The zero-order chi connectivity index (χ0) is 10.3. The van der Waals surface area contributed by atoms with Gasteiger partial charge in [0.05, 0.1) is 5.52 Å². The van der Waals surface area contributed by atoms with Gasteiger partial charge in [-0.15, -0.1) is 12.6 Å². The number of hydrogen-bond donors (Lipinski definition) is 2. The van der Waals surface area contributed by atoms with Crippen molar-refractivity contribution in [2.75, 3.05) is 0 Å². The minimum atomic E-state index is -4.53. The quantitative estimate of drug-likeness (QED) is 0.341. The van der Waals surface area contributed by atoms with Gasteiger partial charge in [0.15, 0.2) is 10.1 Å². The van der Waals surface area contributed by atoms with Crippen LogP contribution in [0.2, 0.25) is 0 Å². The van der Waals surface area contributed by atoms with Gasteiger partial charge in [0.2, 0.25) is 5.16 Å². The van der Waals surface area contributed by atoms with E-state index in [0.717, 1.165) is 0 Å². The van der Waals surface area contributed by atoms with Crippen LogP contribution in [-0.4, -0.2) is 22.9 Å². The molecule has 0 aliphatic rings. The summed E-state index contributed by atoms with van der Waals surface area (Å²) < 4.78 is 31.9. The van der Waals surface area contributed by atoms with Gasteiger partial charge in [-0.3, -0.25) is 0 Å². The molecule has 74 valence electrons. The first kappa shape index (κ1) is 13.0. The van der Waals surface area contributed by atoms with Gasteiger partial charge in [-0.2, -0.15) is 0 Å². The van der Waals surface area contributed by atoms with Gasteiger partial charge < -0.3 is 9.54 Å². The van der Waals surface area contributed by atoms with E-state index >= 15 is 0 Å². The summed E-state index contributed by atoms with van der Waals surface area (Å²) in [6.07, 6.45) is 0. The van der Waals surface area contributed by atoms with Crippen molar-refractivity contribution in [1.82, 2.24) is 9.97 Å². The molecule has 2 rings (SSSR count). The molecule has 0 amide bonds. The second kappa shape index (κ2) is 4.44. The third-order valence-corrected chi connectivity index (χ3v) is 2.73. The SMILES string of the molecule is O=S(=O)([O-])c1nc2c(S)cccc2[nH]1.[Na+]. The fourth-order valence-corrected chi connectivity index (χ4v) is 1.81. The van der Waals surface area contributed by atoms with Gasteiger partial charge in [0, 0.05) is 4.90 Å². The Morgan fingerprint density at radius 3 is 2.60 bits per heavy atom. The monoisotopic (exact) mass is 252 g/mol. The molecule has 1 aromatic carbocycles. The molecule has 0 radical (unpaired) electrons. The molecule has 0 saturated carbocycles. The average Bonchev–Trinajstić information content (AvgIpc) is 2.48. The number of benzene rings is 1. The van der Waals surface area contributed by atoms with Crippen molar-refractivity contribution in [3.8, 4) is 0 Å². The summed E-state index contributed by atoms with van der Waals surface area (Å²) in [5, 5.41) is -0.575. The van der Waals surface area contributed by atoms with Crippen LogP contribution in [0.5, 0.6) is 0 Å². The number of thiol groups is 1. The number of fused-ring (bicyclic) bond motifs is 1. The van der Waals surface area contributed by atoms with E-state index in [1.54, 1.807) is 18.2 Å². The Balaban J connectivity index is 0.00000112. The second-order valence-electron chi connectivity index (χ2n) is 2.67. The van der Waals surface area contributed by atoms with Crippen molar-refractivity contribution < 1.29 is 42.5 Å². The van der Waals surface area contributed by atoms with Gasteiger partial charge in [0.1, 0.15) is 5.52 Å². The van der Waals surface area contributed by atoms with Crippen molar-refractivity contribution in [3.63, 3.8) is 0 Å². The standard InChI is InChI=1S/C7H6N2O3S2.Na/c10-14(11,12)7-8-4-2-1-3-5(13)6(4)9-7;/h1-3,13H,(H,8,9)(H,10,11,12);/q;+1/p-1. The fourth-order valence-electron chi connectivity index (χ4n) is 1.11. The van der Waals surface area contributed by atoms with Crippen LogP contribution in [0.3, 0.4) is 0 Å². The summed E-state index contributed by atoms with van der Waals surface area (Å²) in [6, 6.07) is 4.97. The van der Waals surface area contributed by atoms with Crippen molar-refractivity contribution in [2.24, 2.45) is 0 Å². The molecule has 0 fully saturated rings. The molecule has 0 atom stereocenters. The Kier molecular flexibility index (Phi) is 3.85. The molecule has 0 saturated heterocycles. The van der Waals surface area contributed by atoms with Crippen LogP contribution in [0.4, 0.5) is 0 Å². The molecule has 0 aliphatic carbocycles. The molecule has 15 heavy (non-hydrogen) atoms. The first-order valence-electron chi connectivity index (χ1n) is 3.62. The van der Waals surface area contributed by atoms with E-state index in [-0.39, 0.29) is 29.6 Å². The van der Waals surface area contributed by atoms with E-state index in [2.05, 4.69) is 22.6 Å². The zero-order valence-corrected chi connectivity index (χ0v) is 11.5. The maximum atomic E-state index is 10.6. The molecule has 1 heterocycles. The number of rotatable bonds is 1. The van der Waals surface area contributed by atoms with Crippen molar-refractivity contribution in [3.05, 3.63) is 18.2 Å². The van der Waals surface area contributed by atoms with Crippen LogP contribution in [0.1, 0.15) is 0 Å². The normalized spacial score (nSPS) is 11.3. The second-order valence-corrected chi connectivity index (χ2v) is 4.45. The average molecular weight is 252 g/mol. The third kappa shape index (κ3) is 2.55. The smallest absolute Gasteiger partial charge is 0.742 e. The van der Waals surface area contributed by atoms with E-state index < -0.39 is 15.3 Å². The number of para-hydroxylation sites is 1. The summed E-state index contributed by atoms with van der Waals surface area (Å²) in [5.74, 6) is 0. The predicted octanol–water partition coefficient (Wildman–Crippen LogP) is -2.24.